The highest BCUT2D eigenvalue weighted by Gasteiger charge is 2.39. The van der Waals surface area contributed by atoms with Gasteiger partial charge in [-0.25, -0.2) is 9.67 Å². The first kappa shape index (κ1) is 14.6. The van der Waals surface area contributed by atoms with Crippen molar-refractivity contribution in [1.29, 1.82) is 0 Å². The third kappa shape index (κ3) is 3.30. The van der Waals surface area contributed by atoms with Crippen LogP contribution < -0.4 is 11.1 Å². The SMILES string of the molecule is CCC(C)NC(N)=N[C@@H]1C[C@H]1c1cnn(-c2ccccc2)c1. The van der Waals surface area contributed by atoms with Gasteiger partial charge in [0.05, 0.1) is 17.9 Å². The van der Waals surface area contributed by atoms with Crippen molar-refractivity contribution in [2.45, 2.75) is 44.7 Å². The van der Waals surface area contributed by atoms with E-state index in [-0.39, 0.29) is 6.04 Å². The zero-order chi connectivity index (χ0) is 15.5. The number of aromatic nitrogens is 2. The van der Waals surface area contributed by atoms with Crippen LogP contribution in [-0.2, 0) is 0 Å². The molecule has 0 saturated heterocycles. The fourth-order valence-corrected chi connectivity index (χ4v) is 2.50. The summed E-state index contributed by atoms with van der Waals surface area (Å²) >= 11 is 0. The van der Waals surface area contributed by atoms with E-state index in [0.29, 0.717) is 17.9 Å². The maximum absolute atomic E-state index is 5.95. The third-order valence-corrected chi connectivity index (χ3v) is 4.12. The summed E-state index contributed by atoms with van der Waals surface area (Å²) in [6, 6.07) is 10.8. The second kappa shape index (κ2) is 6.22. The van der Waals surface area contributed by atoms with Crippen LogP contribution in [0, 0.1) is 0 Å². The molecule has 116 valence electrons. The molecular formula is C17H23N5. The molecule has 2 aromatic rings. The fourth-order valence-electron chi connectivity index (χ4n) is 2.50. The molecule has 1 aromatic carbocycles. The summed E-state index contributed by atoms with van der Waals surface area (Å²) < 4.78 is 1.91. The molecular weight excluding hydrogens is 274 g/mol. The van der Waals surface area contributed by atoms with Crippen molar-refractivity contribution < 1.29 is 0 Å². The van der Waals surface area contributed by atoms with Crippen LogP contribution >= 0.6 is 0 Å². The van der Waals surface area contributed by atoms with E-state index in [9.17, 15) is 0 Å². The Labute approximate surface area is 131 Å². The predicted molar refractivity (Wildman–Crippen MR) is 89.2 cm³/mol. The van der Waals surface area contributed by atoms with E-state index in [4.69, 9.17) is 5.73 Å². The van der Waals surface area contributed by atoms with Crippen LogP contribution in [0.3, 0.4) is 0 Å². The van der Waals surface area contributed by atoms with E-state index in [1.807, 2.05) is 41.2 Å². The van der Waals surface area contributed by atoms with Crippen molar-refractivity contribution in [2.24, 2.45) is 10.7 Å². The van der Waals surface area contributed by atoms with Gasteiger partial charge in [0.25, 0.3) is 0 Å². The first-order chi connectivity index (χ1) is 10.7. The largest absolute Gasteiger partial charge is 0.370 e. The van der Waals surface area contributed by atoms with Gasteiger partial charge in [0.2, 0.25) is 0 Å². The van der Waals surface area contributed by atoms with Crippen LogP contribution in [0.25, 0.3) is 5.69 Å². The van der Waals surface area contributed by atoms with Gasteiger partial charge in [-0.2, -0.15) is 5.10 Å². The van der Waals surface area contributed by atoms with Crippen molar-refractivity contribution in [3.8, 4) is 5.69 Å². The zero-order valence-electron chi connectivity index (χ0n) is 13.1. The van der Waals surface area contributed by atoms with Gasteiger partial charge in [-0.15, -0.1) is 0 Å². The number of nitrogens with zero attached hydrogens (tertiary/aromatic N) is 3. The lowest BCUT2D eigenvalue weighted by atomic mass is 10.2. The number of benzene rings is 1. The molecule has 0 radical (unpaired) electrons. The molecule has 3 rings (SSSR count). The van der Waals surface area contributed by atoms with Crippen molar-refractivity contribution in [2.75, 3.05) is 0 Å². The predicted octanol–water partition coefficient (Wildman–Crippen LogP) is 2.43. The molecule has 0 aliphatic heterocycles. The Morgan fingerprint density at radius 3 is 2.95 bits per heavy atom. The summed E-state index contributed by atoms with van der Waals surface area (Å²) in [5.74, 6) is 0.993. The standard InChI is InChI=1S/C17H23N5/c1-3-12(2)20-17(18)21-16-9-15(16)13-10-19-22(11-13)14-7-5-4-6-8-14/h4-8,10-12,15-16H,3,9H2,1-2H3,(H3,18,20,21)/t12?,15-,16+/m0/s1. The van der Waals surface area contributed by atoms with E-state index < -0.39 is 0 Å². The monoisotopic (exact) mass is 297 g/mol. The lowest BCUT2D eigenvalue weighted by molar-refractivity contribution is 0.636. The van der Waals surface area contributed by atoms with Gasteiger partial charge < -0.3 is 11.1 Å². The lowest BCUT2D eigenvalue weighted by Gasteiger charge is -2.11. The maximum Gasteiger partial charge on any atom is 0.189 e. The second-order valence-corrected chi connectivity index (χ2v) is 5.93. The quantitative estimate of drug-likeness (QED) is 0.658. The molecule has 3 atom stereocenters. The first-order valence-corrected chi connectivity index (χ1v) is 7.87. The molecule has 5 heteroatoms. The Morgan fingerprint density at radius 2 is 2.23 bits per heavy atom. The average molecular weight is 297 g/mol. The number of guanidine groups is 1. The highest BCUT2D eigenvalue weighted by Crippen LogP contribution is 2.43. The van der Waals surface area contributed by atoms with Crippen molar-refractivity contribution in [3.63, 3.8) is 0 Å². The smallest absolute Gasteiger partial charge is 0.189 e. The molecule has 5 nitrogen and oxygen atoms in total. The summed E-state index contributed by atoms with van der Waals surface area (Å²) in [5.41, 5.74) is 8.25. The summed E-state index contributed by atoms with van der Waals surface area (Å²) in [6.07, 6.45) is 6.11. The van der Waals surface area contributed by atoms with Crippen molar-refractivity contribution >= 4 is 5.96 Å². The highest BCUT2D eigenvalue weighted by molar-refractivity contribution is 5.78. The number of aliphatic imine (C=N–C) groups is 1. The second-order valence-electron chi connectivity index (χ2n) is 5.93. The topological polar surface area (TPSA) is 68.2 Å². The van der Waals surface area contributed by atoms with Crippen LogP contribution in [0.15, 0.2) is 47.7 Å². The van der Waals surface area contributed by atoms with Gasteiger partial charge >= 0.3 is 0 Å². The molecule has 1 unspecified atom stereocenters. The van der Waals surface area contributed by atoms with Crippen molar-refractivity contribution in [3.05, 3.63) is 48.3 Å². The molecule has 1 aliphatic rings. The number of hydrogen-bond donors (Lipinski definition) is 2. The van der Waals surface area contributed by atoms with Gasteiger partial charge in [0, 0.05) is 18.2 Å². The summed E-state index contributed by atoms with van der Waals surface area (Å²) in [7, 11) is 0. The first-order valence-electron chi connectivity index (χ1n) is 7.87. The molecule has 1 heterocycles. The number of hydrogen-bond acceptors (Lipinski definition) is 2. The fraction of sp³-hybridized carbons (Fsp3) is 0.412. The summed E-state index contributed by atoms with van der Waals surface area (Å²) in [6.45, 7) is 4.24. The Kier molecular flexibility index (Phi) is 4.13. The van der Waals surface area contributed by atoms with Gasteiger partial charge in [-0.05, 0) is 37.5 Å². The Morgan fingerprint density at radius 1 is 1.45 bits per heavy atom. The van der Waals surface area contributed by atoms with E-state index in [1.54, 1.807) is 0 Å². The molecule has 1 aliphatic carbocycles. The van der Waals surface area contributed by atoms with Gasteiger partial charge in [0.1, 0.15) is 0 Å². The van der Waals surface area contributed by atoms with E-state index in [2.05, 4.69) is 35.5 Å². The normalized spacial score (nSPS) is 22.4. The number of para-hydroxylation sites is 1. The van der Waals surface area contributed by atoms with E-state index in [1.165, 1.54) is 5.56 Å². The molecule has 1 fully saturated rings. The minimum absolute atomic E-state index is 0.282. The Bertz CT molecular complexity index is 646. The Hall–Kier alpha value is -2.30. The number of nitrogens with one attached hydrogen (secondary N) is 1. The number of nitrogens with two attached hydrogens (primary N) is 1. The summed E-state index contributed by atoms with van der Waals surface area (Å²) in [5, 5.41) is 7.66. The van der Waals surface area contributed by atoms with Crippen LogP contribution in [0.4, 0.5) is 0 Å². The lowest BCUT2D eigenvalue weighted by Crippen LogP contribution is -2.38. The van der Waals surface area contributed by atoms with Crippen LogP contribution in [-0.4, -0.2) is 27.8 Å². The average Bonchev–Trinajstić information content (AvgIpc) is 3.11. The van der Waals surface area contributed by atoms with Gasteiger partial charge in [-0.3, -0.25) is 0 Å². The van der Waals surface area contributed by atoms with E-state index >= 15 is 0 Å². The van der Waals surface area contributed by atoms with Gasteiger partial charge in [0.15, 0.2) is 5.96 Å². The Balaban J connectivity index is 1.63. The van der Waals surface area contributed by atoms with Crippen LogP contribution in [0.2, 0.25) is 0 Å². The molecule has 1 aromatic heterocycles. The summed E-state index contributed by atoms with van der Waals surface area (Å²) in [4.78, 5) is 4.56. The minimum Gasteiger partial charge on any atom is -0.370 e. The van der Waals surface area contributed by atoms with Gasteiger partial charge in [-0.1, -0.05) is 25.1 Å². The third-order valence-electron chi connectivity index (χ3n) is 4.12. The van der Waals surface area contributed by atoms with Crippen LogP contribution in [0.1, 0.15) is 38.2 Å². The molecule has 0 spiro atoms. The molecule has 22 heavy (non-hydrogen) atoms. The minimum atomic E-state index is 0.282. The zero-order valence-corrected chi connectivity index (χ0v) is 13.1. The van der Waals surface area contributed by atoms with E-state index in [0.717, 1.165) is 18.5 Å². The molecule has 3 N–H and O–H groups in total. The van der Waals surface area contributed by atoms with Crippen molar-refractivity contribution in [1.82, 2.24) is 15.1 Å². The molecule has 0 amide bonds. The molecule has 0 bridgehead atoms. The number of rotatable bonds is 5. The van der Waals surface area contributed by atoms with Crippen LogP contribution in [0.5, 0.6) is 0 Å². The highest BCUT2D eigenvalue weighted by atomic mass is 15.3. The maximum atomic E-state index is 5.95. The molecule has 1 saturated carbocycles.